The molecule has 10 heavy (non-hydrogen) atoms. The summed E-state index contributed by atoms with van der Waals surface area (Å²) in [5, 5.41) is 0. The number of aryl methyl sites for hydroxylation is 1. The Kier molecular flexibility index (Phi) is 2.22. The number of hydrogen-bond donors (Lipinski definition) is 0. The maximum absolute atomic E-state index is 4.06. The zero-order chi connectivity index (χ0) is 7.56. The number of rotatable bonds is 1. The second kappa shape index (κ2) is 2.97. The van der Waals surface area contributed by atoms with E-state index in [0.717, 1.165) is 10.2 Å². The Labute approximate surface area is 68.9 Å². The minimum absolute atomic E-state index is 0.871. The van der Waals surface area contributed by atoms with Crippen molar-refractivity contribution in [1.29, 1.82) is 0 Å². The monoisotopic (exact) mass is 197 g/mol. The minimum atomic E-state index is 0.871. The highest BCUT2D eigenvalue weighted by molar-refractivity contribution is 9.10. The van der Waals surface area contributed by atoms with E-state index in [9.17, 15) is 0 Å². The van der Waals surface area contributed by atoms with Crippen LogP contribution in [0.25, 0.3) is 6.08 Å². The van der Waals surface area contributed by atoms with Gasteiger partial charge in [-0.25, -0.2) is 4.98 Å². The van der Waals surface area contributed by atoms with Crippen LogP contribution in [0.2, 0.25) is 0 Å². The van der Waals surface area contributed by atoms with E-state index in [1.807, 2.05) is 13.0 Å². The lowest BCUT2D eigenvalue weighted by Crippen LogP contribution is -1.82. The fourth-order valence-electron chi connectivity index (χ4n) is 0.746. The summed E-state index contributed by atoms with van der Waals surface area (Å²) in [7, 11) is 0. The van der Waals surface area contributed by atoms with Gasteiger partial charge in [-0.3, -0.25) is 0 Å². The average Bonchev–Trinajstić information content (AvgIpc) is 1.88. The highest BCUT2D eigenvalue weighted by Crippen LogP contribution is 2.12. The maximum Gasteiger partial charge on any atom is 0.106 e. The van der Waals surface area contributed by atoms with Gasteiger partial charge in [0.15, 0.2) is 0 Å². The van der Waals surface area contributed by atoms with Crippen LogP contribution in [0.15, 0.2) is 23.4 Å². The molecule has 1 heterocycles. The third-order valence-corrected chi connectivity index (χ3v) is 1.77. The van der Waals surface area contributed by atoms with E-state index in [4.69, 9.17) is 0 Å². The lowest BCUT2D eigenvalue weighted by atomic mass is 10.2. The molecule has 0 aliphatic carbocycles. The summed E-state index contributed by atoms with van der Waals surface area (Å²) in [6, 6.07) is 1.97. The van der Waals surface area contributed by atoms with Crippen LogP contribution in [0.4, 0.5) is 0 Å². The van der Waals surface area contributed by atoms with Crippen molar-refractivity contribution < 1.29 is 0 Å². The Morgan fingerprint density at radius 2 is 2.40 bits per heavy atom. The van der Waals surface area contributed by atoms with Crippen molar-refractivity contribution in [2.24, 2.45) is 0 Å². The molecule has 0 saturated carbocycles. The predicted octanol–water partition coefficient (Wildman–Crippen LogP) is 2.80. The van der Waals surface area contributed by atoms with Crippen molar-refractivity contribution in [3.8, 4) is 0 Å². The van der Waals surface area contributed by atoms with Crippen molar-refractivity contribution in [1.82, 2.24) is 4.98 Å². The number of aromatic nitrogens is 1. The van der Waals surface area contributed by atoms with Crippen LogP contribution in [0.3, 0.4) is 0 Å². The van der Waals surface area contributed by atoms with E-state index in [1.54, 1.807) is 12.3 Å². The number of nitrogens with zero attached hydrogens (tertiary/aromatic N) is 1. The average molecular weight is 198 g/mol. The van der Waals surface area contributed by atoms with Crippen LogP contribution in [0.1, 0.15) is 11.1 Å². The minimum Gasteiger partial charge on any atom is -0.249 e. The number of hydrogen-bond acceptors (Lipinski definition) is 1. The molecule has 0 spiro atoms. The zero-order valence-corrected chi connectivity index (χ0v) is 7.35. The highest BCUT2D eigenvalue weighted by Gasteiger charge is 1.93. The van der Waals surface area contributed by atoms with E-state index in [1.165, 1.54) is 5.56 Å². The maximum atomic E-state index is 4.06. The molecule has 1 nitrogen and oxygen atoms in total. The second-order valence-electron chi connectivity index (χ2n) is 2.07. The van der Waals surface area contributed by atoms with Gasteiger partial charge in [0.1, 0.15) is 4.60 Å². The highest BCUT2D eigenvalue weighted by atomic mass is 79.9. The van der Waals surface area contributed by atoms with Gasteiger partial charge in [-0.15, -0.1) is 0 Å². The number of halogens is 1. The summed E-state index contributed by atoms with van der Waals surface area (Å²) >= 11 is 3.28. The van der Waals surface area contributed by atoms with Crippen LogP contribution in [-0.2, 0) is 0 Å². The van der Waals surface area contributed by atoms with E-state index in [2.05, 4.69) is 27.5 Å². The van der Waals surface area contributed by atoms with Gasteiger partial charge in [-0.2, -0.15) is 0 Å². The van der Waals surface area contributed by atoms with E-state index in [-0.39, 0.29) is 0 Å². The molecule has 0 saturated heterocycles. The molecule has 1 aromatic heterocycles. The van der Waals surface area contributed by atoms with Gasteiger partial charge >= 0.3 is 0 Å². The molecule has 1 rings (SSSR count). The Hall–Kier alpha value is -0.630. The standard InChI is InChI=1S/C8H8BrN/c1-3-7-5-10-8(9)4-6(7)2/h3-5H,1H2,2H3. The van der Waals surface area contributed by atoms with Crippen LogP contribution in [-0.4, -0.2) is 4.98 Å². The normalized spacial score (nSPS) is 9.40. The van der Waals surface area contributed by atoms with Crippen molar-refractivity contribution in [3.05, 3.63) is 34.6 Å². The molecular formula is C8H8BrN. The second-order valence-corrected chi connectivity index (χ2v) is 2.88. The number of pyridine rings is 1. The first-order valence-electron chi connectivity index (χ1n) is 2.98. The van der Waals surface area contributed by atoms with Gasteiger partial charge in [-0.1, -0.05) is 12.7 Å². The van der Waals surface area contributed by atoms with Crippen LogP contribution < -0.4 is 0 Å². The first-order chi connectivity index (χ1) is 4.74. The molecule has 0 unspecified atom stereocenters. The van der Waals surface area contributed by atoms with Crippen molar-refractivity contribution in [3.63, 3.8) is 0 Å². The Morgan fingerprint density at radius 3 is 2.90 bits per heavy atom. The first-order valence-corrected chi connectivity index (χ1v) is 3.78. The summed E-state index contributed by atoms with van der Waals surface area (Å²) in [6.07, 6.45) is 3.60. The van der Waals surface area contributed by atoms with Crippen molar-refractivity contribution in [2.45, 2.75) is 6.92 Å². The molecule has 0 amide bonds. The van der Waals surface area contributed by atoms with Crippen LogP contribution in [0.5, 0.6) is 0 Å². The van der Waals surface area contributed by atoms with Gasteiger partial charge in [0.2, 0.25) is 0 Å². The molecule has 52 valence electrons. The molecule has 0 aliphatic heterocycles. The van der Waals surface area contributed by atoms with Gasteiger partial charge in [-0.05, 0) is 40.0 Å². The van der Waals surface area contributed by atoms with Crippen molar-refractivity contribution in [2.75, 3.05) is 0 Å². The third-order valence-electron chi connectivity index (χ3n) is 1.34. The lowest BCUT2D eigenvalue weighted by molar-refractivity contribution is 1.23. The Morgan fingerprint density at radius 1 is 1.70 bits per heavy atom. The fraction of sp³-hybridized carbons (Fsp3) is 0.125. The quantitative estimate of drug-likeness (QED) is 0.632. The van der Waals surface area contributed by atoms with Crippen LogP contribution in [0, 0.1) is 6.92 Å². The molecule has 0 aliphatic rings. The molecule has 0 bridgehead atoms. The largest absolute Gasteiger partial charge is 0.249 e. The molecule has 0 radical (unpaired) electrons. The molecule has 0 fully saturated rings. The summed E-state index contributed by atoms with van der Waals surface area (Å²) < 4.78 is 0.871. The smallest absolute Gasteiger partial charge is 0.106 e. The van der Waals surface area contributed by atoms with Crippen LogP contribution >= 0.6 is 15.9 Å². The third kappa shape index (κ3) is 1.45. The molecule has 0 N–H and O–H groups in total. The zero-order valence-electron chi connectivity index (χ0n) is 5.76. The van der Waals surface area contributed by atoms with E-state index >= 15 is 0 Å². The molecule has 2 heteroatoms. The summed E-state index contributed by atoms with van der Waals surface area (Å²) in [6.45, 7) is 5.70. The van der Waals surface area contributed by atoms with E-state index in [0.29, 0.717) is 0 Å². The summed E-state index contributed by atoms with van der Waals surface area (Å²) in [5.74, 6) is 0. The lowest BCUT2D eigenvalue weighted by Gasteiger charge is -1.97. The molecule has 0 aromatic carbocycles. The SMILES string of the molecule is C=Cc1cnc(Br)cc1C. The van der Waals surface area contributed by atoms with Gasteiger partial charge in [0.05, 0.1) is 0 Å². The Bertz CT molecular complexity index is 255. The predicted molar refractivity (Wildman–Crippen MR) is 46.8 cm³/mol. The topological polar surface area (TPSA) is 12.9 Å². The van der Waals surface area contributed by atoms with Crippen molar-refractivity contribution >= 4 is 22.0 Å². The van der Waals surface area contributed by atoms with Gasteiger partial charge in [0.25, 0.3) is 0 Å². The van der Waals surface area contributed by atoms with Gasteiger partial charge in [0, 0.05) is 6.20 Å². The Balaban J connectivity index is 3.19. The van der Waals surface area contributed by atoms with E-state index < -0.39 is 0 Å². The molecule has 0 atom stereocenters. The molecular weight excluding hydrogens is 190 g/mol. The first kappa shape index (κ1) is 7.48. The van der Waals surface area contributed by atoms with Gasteiger partial charge < -0.3 is 0 Å². The summed E-state index contributed by atoms with van der Waals surface area (Å²) in [5.41, 5.74) is 2.28. The molecule has 1 aromatic rings. The fourth-order valence-corrected chi connectivity index (χ4v) is 1.19. The summed E-state index contributed by atoms with van der Waals surface area (Å²) in [4.78, 5) is 4.06.